The van der Waals surface area contributed by atoms with Crippen LogP contribution in [-0.2, 0) is 9.59 Å². The Balaban J connectivity index is 1.24. The average Bonchev–Trinajstić information content (AvgIpc) is 2.81. The molecule has 0 aromatic heterocycles. The van der Waals surface area contributed by atoms with Gasteiger partial charge in [-0.15, -0.1) is 0 Å². The number of carboxylic acids is 1. The first-order valence-corrected chi connectivity index (χ1v) is 13.5. The number of hydrogen-bond acceptors (Lipinski definition) is 4. The van der Waals surface area contributed by atoms with Gasteiger partial charge in [0.05, 0.1) is 12.0 Å². The van der Waals surface area contributed by atoms with E-state index in [4.69, 9.17) is 0 Å². The second-order valence-corrected chi connectivity index (χ2v) is 11.6. The molecule has 5 fully saturated rings. The number of aliphatic carboxylic acids is 1. The van der Waals surface area contributed by atoms with E-state index in [0.29, 0.717) is 18.1 Å². The van der Waals surface area contributed by atoms with Gasteiger partial charge < -0.3 is 10.0 Å². The number of imide groups is 1. The quantitative estimate of drug-likeness (QED) is 0.680. The summed E-state index contributed by atoms with van der Waals surface area (Å²) in [6.45, 7) is -0.376. The number of hydrogen-bond donors (Lipinski definition) is 1. The van der Waals surface area contributed by atoms with Crippen molar-refractivity contribution in [2.75, 3.05) is 6.54 Å². The maximum absolute atomic E-state index is 13.6. The topological polar surface area (TPSA) is 81.2 Å². The summed E-state index contributed by atoms with van der Waals surface area (Å²) in [5.41, 5.74) is 0. The van der Waals surface area contributed by atoms with Gasteiger partial charge in [-0.2, -0.15) is 0 Å². The molecule has 3 amide bonds. The number of carboxylic acid groups (broad SMARTS) is 1. The predicted octanol–water partition coefficient (Wildman–Crippen LogP) is 3.80. The van der Waals surface area contributed by atoms with E-state index in [9.17, 15) is 19.5 Å². The van der Waals surface area contributed by atoms with Crippen LogP contribution in [-0.4, -0.2) is 74.5 Å². The Morgan fingerprint density at radius 2 is 1.47 bits per heavy atom. The summed E-state index contributed by atoms with van der Waals surface area (Å²) in [5.74, 6) is 0.0835. The lowest BCUT2D eigenvalue weighted by Gasteiger charge is -2.57. The van der Waals surface area contributed by atoms with Gasteiger partial charge >= 0.3 is 12.0 Å². The molecule has 4 unspecified atom stereocenters. The first kappa shape index (κ1) is 22.3. The van der Waals surface area contributed by atoms with E-state index in [-0.39, 0.29) is 18.5 Å². The minimum Gasteiger partial charge on any atom is -0.480 e. The molecule has 8 atom stereocenters. The molecular weight excluding hydrogens is 430 g/mol. The molecule has 3 saturated heterocycles. The maximum atomic E-state index is 13.6. The first-order chi connectivity index (χ1) is 16.5. The molecule has 34 heavy (non-hydrogen) atoms. The monoisotopic (exact) mass is 467 g/mol. The molecule has 3 heterocycles. The molecule has 7 nitrogen and oxygen atoms in total. The zero-order valence-corrected chi connectivity index (χ0v) is 19.9. The zero-order valence-electron chi connectivity index (χ0n) is 19.9. The van der Waals surface area contributed by atoms with Crippen molar-refractivity contribution in [1.29, 1.82) is 0 Å². The fraction of sp³-hybridized carbons (Fsp3) is 0.741. The van der Waals surface area contributed by atoms with Gasteiger partial charge in [-0.3, -0.25) is 19.4 Å². The van der Waals surface area contributed by atoms with E-state index < -0.39 is 24.0 Å². The summed E-state index contributed by atoms with van der Waals surface area (Å²) in [6, 6.07) is 0.457. The number of carbonyl (C=O) groups is 3. The molecule has 0 spiro atoms. The number of piperidine rings is 2. The van der Waals surface area contributed by atoms with Crippen molar-refractivity contribution >= 4 is 17.9 Å². The molecule has 184 valence electrons. The van der Waals surface area contributed by atoms with Crippen LogP contribution in [0.1, 0.15) is 70.6 Å². The number of amides is 3. The second-order valence-electron chi connectivity index (χ2n) is 11.6. The number of nitrogens with zero attached hydrogens (tertiary/aromatic N) is 3. The Labute approximate surface area is 201 Å². The average molecular weight is 468 g/mol. The van der Waals surface area contributed by atoms with Crippen LogP contribution in [0.25, 0.3) is 0 Å². The molecule has 0 aromatic carbocycles. The third-order valence-corrected chi connectivity index (χ3v) is 9.64. The highest BCUT2D eigenvalue weighted by Gasteiger charge is 2.52. The van der Waals surface area contributed by atoms with Gasteiger partial charge in [0.15, 0.2) is 0 Å². The highest BCUT2D eigenvalue weighted by molar-refractivity contribution is 6.01. The fourth-order valence-corrected chi connectivity index (χ4v) is 8.43. The van der Waals surface area contributed by atoms with Crippen molar-refractivity contribution < 1.29 is 19.5 Å². The number of fused-ring (bicyclic) bond motifs is 5. The van der Waals surface area contributed by atoms with Crippen LogP contribution < -0.4 is 0 Å². The van der Waals surface area contributed by atoms with E-state index in [1.54, 1.807) is 12.2 Å². The lowest BCUT2D eigenvalue weighted by atomic mass is 9.68. The number of allylic oxidation sites excluding steroid dienone is 2. The normalized spacial score (nSPS) is 42.0. The van der Waals surface area contributed by atoms with Crippen molar-refractivity contribution in [3.8, 4) is 0 Å². The molecular formula is C27H37N3O4. The second kappa shape index (κ2) is 8.81. The standard InChI is InChI=1S/C27H37N3O4/c31-25(32)16-28-24-10-2-1-9-23(24)26(33)30(27(28)34)22-14-19-7-4-8-20(15-22)29(19)21-12-17-5-3-6-18(11-17)13-21/h1-2,9-10,17-24H,3-8,11-16H2,(H,31,32)/t17-,18+,19-,20+,21?,22?,23?,24?. The van der Waals surface area contributed by atoms with E-state index in [1.165, 1.54) is 54.7 Å². The van der Waals surface area contributed by atoms with Gasteiger partial charge in [0.25, 0.3) is 0 Å². The van der Waals surface area contributed by atoms with Gasteiger partial charge in [0.1, 0.15) is 6.54 Å². The molecule has 4 bridgehead atoms. The summed E-state index contributed by atoms with van der Waals surface area (Å²) >= 11 is 0. The van der Waals surface area contributed by atoms with Crippen molar-refractivity contribution in [2.45, 2.75) is 101 Å². The third-order valence-electron chi connectivity index (χ3n) is 9.64. The summed E-state index contributed by atoms with van der Waals surface area (Å²) in [7, 11) is 0. The van der Waals surface area contributed by atoms with E-state index in [1.807, 2.05) is 12.2 Å². The largest absolute Gasteiger partial charge is 0.480 e. The summed E-state index contributed by atoms with van der Waals surface area (Å²) < 4.78 is 0. The molecule has 3 aliphatic carbocycles. The highest BCUT2D eigenvalue weighted by atomic mass is 16.4. The molecule has 0 radical (unpaired) electrons. The van der Waals surface area contributed by atoms with Gasteiger partial charge in [-0.1, -0.05) is 50.0 Å². The molecule has 2 saturated carbocycles. The lowest BCUT2D eigenvalue weighted by Crippen LogP contribution is -2.68. The number of urea groups is 1. The molecule has 6 aliphatic rings. The number of rotatable bonds is 4. The van der Waals surface area contributed by atoms with Crippen molar-refractivity contribution in [3.63, 3.8) is 0 Å². The van der Waals surface area contributed by atoms with Gasteiger partial charge in [-0.25, -0.2) is 4.79 Å². The summed E-state index contributed by atoms with van der Waals surface area (Å²) in [6.07, 6.45) is 20.7. The van der Waals surface area contributed by atoms with Crippen LogP contribution in [0.3, 0.4) is 0 Å². The Hall–Kier alpha value is -2.15. The summed E-state index contributed by atoms with van der Waals surface area (Å²) in [4.78, 5) is 44.4. The van der Waals surface area contributed by atoms with Gasteiger partial charge in [-0.05, 0) is 56.8 Å². The molecule has 7 heteroatoms. The van der Waals surface area contributed by atoms with Crippen molar-refractivity contribution in [1.82, 2.24) is 14.7 Å². The SMILES string of the molecule is O=C(O)CN1C(=O)N(C2C[C@H]3CCC[C@@H](C2)N3C2C[C@H]3CCC[C@@H](C2)C3)C(=O)C2C=CC=CC21. The Kier molecular flexibility index (Phi) is 5.79. The Bertz CT molecular complexity index is 890. The minimum atomic E-state index is -1.04. The maximum Gasteiger partial charge on any atom is 0.328 e. The molecule has 3 aliphatic heterocycles. The smallest absolute Gasteiger partial charge is 0.328 e. The lowest BCUT2D eigenvalue weighted by molar-refractivity contribution is -0.146. The van der Waals surface area contributed by atoms with Crippen molar-refractivity contribution in [3.05, 3.63) is 24.3 Å². The van der Waals surface area contributed by atoms with Crippen LogP contribution in [0.5, 0.6) is 0 Å². The first-order valence-electron chi connectivity index (χ1n) is 13.5. The van der Waals surface area contributed by atoms with Crippen molar-refractivity contribution in [2.24, 2.45) is 17.8 Å². The zero-order chi connectivity index (χ0) is 23.4. The van der Waals surface area contributed by atoms with Crippen LogP contribution in [0.15, 0.2) is 24.3 Å². The summed E-state index contributed by atoms with van der Waals surface area (Å²) in [5, 5.41) is 9.47. The predicted molar refractivity (Wildman–Crippen MR) is 127 cm³/mol. The Morgan fingerprint density at radius 3 is 2.15 bits per heavy atom. The molecule has 0 aromatic rings. The van der Waals surface area contributed by atoms with Crippen LogP contribution in [0, 0.1) is 17.8 Å². The van der Waals surface area contributed by atoms with E-state index in [2.05, 4.69) is 4.90 Å². The third kappa shape index (κ3) is 3.80. The van der Waals surface area contributed by atoms with Crippen LogP contribution >= 0.6 is 0 Å². The molecule has 1 N–H and O–H groups in total. The fourth-order valence-electron chi connectivity index (χ4n) is 8.43. The number of carbonyl (C=O) groups excluding carboxylic acids is 2. The van der Waals surface area contributed by atoms with Gasteiger partial charge in [0, 0.05) is 24.2 Å². The Morgan fingerprint density at radius 1 is 0.824 bits per heavy atom. The molecule has 6 rings (SSSR count). The van der Waals surface area contributed by atoms with Gasteiger partial charge in [0.2, 0.25) is 5.91 Å². The van der Waals surface area contributed by atoms with Crippen LogP contribution in [0.2, 0.25) is 0 Å². The highest BCUT2D eigenvalue weighted by Crippen LogP contribution is 2.47. The van der Waals surface area contributed by atoms with Crippen LogP contribution in [0.4, 0.5) is 4.79 Å². The van der Waals surface area contributed by atoms with E-state index >= 15 is 0 Å². The minimum absolute atomic E-state index is 0.133. The van der Waals surface area contributed by atoms with E-state index in [0.717, 1.165) is 37.5 Å².